The lowest BCUT2D eigenvalue weighted by atomic mass is 10.3. The van der Waals surface area contributed by atoms with Gasteiger partial charge in [0.2, 0.25) is 11.9 Å². The molecule has 0 radical (unpaired) electrons. The molecule has 0 fully saturated rings. The van der Waals surface area contributed by atoms with Gasteiger partial charge < -0.3 is 20.6 Å². The van der Waals surface area contributed by atoms with E-state index in [1.165, 1.54) is 12.7 Å². The molecule has 0 amide bonds. The van der Waals surface area contributed by atoms with Crippen molar-refractivity contribution in [3.8, 4) is 0 Å². The van der Waals surface area contributed by atoms with Crippen LogP contribution in [0.2, 0.25) is 0 Å². The van der Waals surface area contributed by atoms with Crippen LogP contribution in [0.1, 0.15) is 0 Å². The maximum atomic E-state index is 4.36. The summed E-state index contributed by atoms with van der Waals surface area (Å²) in [5.41, 5.74) is 4.57. The molecule has 126 valence electrons. The quantitative estimate of drug-likeness (QED) is 0.391. The zero-order valence-corrected chi connectivity index (χ0v) is 13.3. The highest BCUT2D eigenvalue weighted by Crippen LogP contribution is 2.21. The Kier molecular flexibility index (Phi) is 3.17. The van der Waals surface area contributed by atoms with Crippen molar-refractivity contribution >= 4 is 45.6 Å². The summed E-state index contributed by atoms with van der Waals surface area (Å²) in [6.07, 6.45) is 6.31. The summed E-state index contributed by atoms with van der Waals surface area (Å²) < 4.78 is 0. The number of benzene rings is 1. The number of fused-ring (bicyclic) bond motifs is 2. The van der Waals surface area contributed by atoms with E-state index in [0.29, 0.717) is 23.2 Å². The zero-order chi connectivity index (χ0) is 17.3. The minimum atomic E-state index is 0.608. The van der Waals surface area contributed by atoms with Crippen molar-refractivity contribution in [3.05, 3.63) is 49.3 Å². The van der Waals surface area contributed by atoms with Crippen LogP contribution in [-0.2, 0) is 0 Å². The number of rotatable bonds is 4. The van der Waals surface area contributed by atoms with Gasteiger partial charge in [-0.1, -0.05) is 0 Å². The SMILES string of the molecule is c1ncc2[nH]c(Nc3ccc(Nc4nc5ncncc5[nH]4)cc3)nc2n1. The van der Waals surface area contributed by atoms with Crippen molar-refractivity contribution in [2.45, 2.75) is 0 Å². The van der Waals surface area contributed by atoms with Gasteiger partial charge in [-0.2, -0.15) is 9.97 Å². The Morgan fingerprint density at radius 1 is 0.654 bits per heavy atom. The van der Waals surface area contributed by atoms with Crippen LogP contribution in [0, 0.1) is 0 Å². The summed E-state index contributed by atoms with van der Waals surface area (Å²) in [6, 6.07) is 7.74. The molecule has 4 N–H and O–H groups in total. The van der Waals surface area contributed by atoms with Crippen molar-refractivity contribution in [1.29, 1.82) is 0 Å². The fourth-order valence-electron chi connectivity index (χ4n) is 2.55. The van der Waals surface area contributed by atoms with Gasteiger partial charge >= 0.3 is 0 Å². The van der Waals surface area contributed by atoms with Crippen molar-refractivity contribution in [2.24, 2.45) is 0 Å². The topological polar surface area (TPSA) is 133 Å². The third-order valence-corrected chi connectivity index (χ3v) is 3.73. The van der Waals surface area contributed by atoms with E-state index in [4.69, 9.17) is 0 Å². The van der Waals surface area contributed by atoms with Gasteiger partial charge in [0.1, 0.15) is 23.7 Å². The molecule has 0 saturated carbocycles. The molecule has 5 rings (SSSR count). The lowest BCUT2D eigenvalue weighted by Gasteiger charge is -2.05. The number of hydrogen-bond acceptors (Lipinski definition) is 8. The van der Waals surface area contributed by atoms with Gasteiger partial charge in [0.15, 0.2) is 11.3 Å². The van der Waals surface area contributed by atoms with E-state index in [-0.39, 0.29) is 0 Å². The van der Waals surface area contributed by atoms with Gasteiger partial charge in [0, 0.05) is 11.4 Å². The molecule has 10 nitrogen and oxygen atoms in total. The Morgan fingerprint density at radius 3 is 1.54 bits per heavy atom. The summed E-state index contributed by atoms with van der Waals surface area (Å²) >= 11 is 0. The molecule has 0 unspecified atom stereocenters. The zero-order valence-electron chi connectivity index (χ0n) is 13.3. The molecule has 0 bridgehead atoms. The number of hydrogen-bond donors (Lipinski definition) is 4. The number of anilines is 4. The average molecular weight is 344 g/mol. The monoisotopic (exact) mass is 344 g/mol. The first kappa shape index (κ1) is 14.3. The standard InChI is InChI=1S/C16H12N10/c1-2-10(22-16-24-12-6-18-8-20-14(12)26-16)4-3-9(1)21-15-23-11-5-17-7-19-13(11)25-15/h1-8H,(H2,17,19,21,23,25)(H2,18,20,22,24,26). The minimum Gasteiger partial charge on any atom is -0.326 e. The average Bonchev–Trinajstić information content (AvgIpc) is 3.25. The van der Waals surface area contributed by atoms with Crippen molar-refractivity contribution in [2.75, 3.05) is 10.6 Å². The van der Waals surface area contributed by atoms with Crippen molar-refractivity contribution in [1.82, 2.24) is 39.9 Å². The summed E-state index contributed by atoms with van der Waals surface area (Å²) in [4.78, 5) is 31.1. The fourth-order valence-corrected chi connectivity index (χ4v) is 2.55. The van der Waals surface area contributed by atoms with E-state index >= 15 is 0 Å². The van der Waals surface area contributed by atoms with Crippen LogP contribution in [0.25, 0.3) is 22.3 Å². The molecule has 0 atom stereocenters. The van der Waals surface area contributed by atoms with E-state index in [0.717, 1.165) is 22.4 Å². The van der Waals surface area contributed by atoms with E-state index in [2.05, 4.69) is 50.5 Å². The van der Waals surface area contributed by atoms with Gasteiger partial charge in [-0.05, 0) is 24.3 Å². The van der Waals surface area contributed by atoms with Crippen LogP contribution in [0.15, 0.2) is 49.3 Å². The molecule has 26 heavy (non-hydrogen) atoms. The number of nitrogens with zero attached hydrogens (tertiary/aromatic N) is 6. The number of imidazole rings is 2. The van der Waals surface area contributed by atoms with Crippen LogP contribution in [0.3, 0.4) is 0 Å². The molecule has 0 aliphatic heterocycles. The third kappa shape index (κ3) is 2.65. The van der Waals surface area contributed by atoms with Crippen LogP contribution < -0.4 is 10.6 Å². The molecule has 0 aliphatic carbocycles. The number of aromatic amines is 2. The van der Waals surface area contributed by atoms with Gasteiger partial charge in [-0.25, -0.2) is 19.9 Å². The summed E-state index contributed by atoms with van der Waals surface area (Å²) in [7, 11) is 0. The van der Waals surface area contributed by atoms with Crippen molar-refractivity contribution < 1.29 is 0 Å². The van der Waals surface area contributed by atoms with Gasteiger partial charge in [0.05, 0.1) is 12.4 Å². The van der Waals surface area contributed by atoms with Gasteiger partial charge in [0.25, 0.3) is 0 Å². The van der Waals surface area contributed by atoms with Crippen LogP contribution >= 0.6 is 0 Å². The maximum absolute atomic E-state index is 4.36. The fraction of sp³-hybridized carbons (Fsp3) is 0. The maximum Gasteiger partial charge on any atom is 0.207 e. The normalized spacial score (nSPS) is 11.1. The molecule has 10 heteroatoms. The van der Waals surface area contributed by atoms with Crippen LogP contribution in [0.4, 0.5) is 23.3 Å². The highest BCUT2D eigenvalue weighted by molar-refractivity contribution is 5.75. The van der Waals surface area contributed by atoms with E-state index in [9.17, 15) is 0 Å². The first-order valence-corrected chi connectivity index (χ1v) is 7.79. The number of H-pyrrole nitrogens is 2. The highest BCUT2D eigenvalue weighted by atomic mass is 15.2. The van der Waals surface area contributed by atoms with Gasteiger partial charge in [-0.15, -0.1) is 0 Å². The summed E-state index contributed by atoms with van der Waals surface area (Å²) in [5.74, 6) is 1.22. The summed E-state index contributed by atoms with van der Waals surface area (Å²) in [5, 5.41) is 6.40. The number of nitrogens with one attached hydrogen (secondary N) is 4. The predicted molar refractivity (Wildman–Crippen MR) is 96.4 cm³/mol. The van der Waals surface area contributed by atoms with E-state index in [1.807, 2.05) is 24.3 Å². The predicted octanol–water partition coefficient (Wildman–Crippen LogP) is 2.51. The molecule has 4 aromatic heterocycles. The second-order valence-corrected chi connectivity index (χ2v) is 5.52. The molecular weight excluding hydrogens is 332 g/mol. The first-order valence-electron chi connectivity index (χ1n) is 7.79. The molecule has 4 heterocycles. The largest absolute Gasteiger partial charge is 0.326 e. The Hall–Kier alpha value is -4.08. The van der Waals surface area contributed by atoms with E-state index in [1.54, 1.807) is 12.4 Å². The smallest absolute Gasteiger partial charge is 0.207 e. The van der Waals surface area contributed by atoms with Crippen LogP contribution in [0.5, 0.6) is 0 Å². The second-order valence-electron chi connectivity index (χ2n) is 5.52. The Bertz CT molecular complexity index is 1030. The molecule has 0 spiro atoms. The van der Waals surface area contributed by atoms with Crippen molar-refractivity contribution in [3.63, 3.8) is 0 Å². The first-order chi connectivity index (χ1) is 12.8. The lowest BCUT2D eigenvalue weighted by molar-refractivity contribution is 1.20. The Balaban J connectivity index is 1.33. The molecule has 5 aromatic rings. The Labute approximate surface area is 146 Å². The van der Waals surface area contributed by atoms with Crippen LogP contribution in [-0.4, -0.2) is 39.9 Å². The lowest BCUT2D eigenvalue weighted by Crippen LogP contribution is -1.94. The third-order valence-electron chi connectivity index (χ3n) is 3.73. The number of aromatic nitrogens is 8. The molecule has 1 aromatic carbocycles. The minimum absolute atomic E-state index is 0.608. The van der Waals surface area contributed by atoms with Gasteiger partial charge in [-0.3, -0.25) is 0 Å². The molecule has 0 aliphatic rings. The highest BCUT2D eigenvalue weighted by Gasteiger charge is 2.05. The molecule has 0 saturated heterocycles. The Morgan fingerprint density at radius 2 is 1.12 bits per heavy atom. The summed E-state index contributed by atoms with van der Waals surface area (Å²) in [6.45, 7) is 0. The molecular formula is C16H12N10. The van der Waals surface area contributed by atoms with E-state index < -0.39 is 0 Å². The second kappa shape index (κ2) is 5.77.